The Kier molecular flexibility index (Phi) is 8.32. The van der Waals surface area contributed by atoms with Crippen molar-refractivity contribution in [1.29, 1.82) is 0 Å². The van der Waals surface area contributed by atoms with E-state index in [4.69, 9.17) is 44.4 Å². The number of nitrogens with one attached hydrogen (secondary N) is 1. The normalized spacial score (nSPS) is 11.6. The van der Waals surface area contributed by atoms with Crippen LogP contribution in [0, 0.1) is 0 Å². The molecule has 14 heteroatoms. The number of nitrogens with zero attached hydrogens (tertiary/aromatic N) is 8. The molecule has 0 spiro atoms. The van der Waals surface area contributed by atoms with Crippen molar-refractivity contribution in [3.63, 3.8) is 0 Å². The van der Waals surface area contributed by atoms with Crippen LogP contribution in [0.25, 0.3) is 89.7 Å². The summed E-state index contributed by atoms with van der Waals surface area (Å²) in [7, 11) is -4.01. The molecule has 7 aromatic rings. The Balaban J connectivity index is 0.000000378. The SMILES string of the molecule is C=CCNS(=O)(=O)O.[Cu+2].c1ccc2c(c1)-c1nc-2nc2[n-]c(nc3nc(nc4[n-]c(n1)c1ccccc41)-c1ccccc1-3)c1ccccc21. The zero-order chi connectivity index (χ0) is 32.8. The summed E-state index contributed by atoms with van der Waals surface area (Å²) in [4.78, 5) is 39.3. The number of aromatic nitrogens is 8. The number of benzene rings is 4. The third-order valence-corrected chi connectivity index (χ3v) is 8.27. The Labute approximate surface area is 289 Å². The van der Waals surface area contributed by atoms with E-state index >= 15 is 0 Å². The van der Waals surface area contributed by atoms with Crippen LogP contribution in [0.5, 0.6) is 0 Å². The molecule has 49 heavy (non-hydrogen) atoms. The summed E-state index contributed by atoms with van der Waals surface area (Å²) in [5, 5.41) is 3.57. The smallest absolute Gasteiger partial charge is 0.357 e. The van der Waals surface area contributed by atoms with E-state index < -0.39 is 10.3 Å². The van der Waals surface area contributed by atoms with Gasteiger partial charge >= 0.3 is 27.4 Å². The van der Waals surface area contributed by atoms with E-state index in [0.29, 0.717) is 45.9 Å². The van der Waals surface area contributed by atoms with Crippen molar-refractivity contribution in [3.05, 3.63) is 110 Å². The molecular formula is C35H23CuN9O3S. The summed E-state index contributed by atoms with van der Waals surface area (Å²) < 4.78 is 29.3. The largest absolute Gasteiger partial charge is 2.00 e. The van der Waals surface area contributed by atoms with E-state index in [1.54, 1.807) is 4.72 Å². The maximum absolute atomic E-state index is 9.79. The Morgan fingerprint density at radius 1 is 0.551 bits per heavy atom. The van der Waals surface area contributed by atoms with Crippen LogP contribution in [0.1, 0.15) is 0 Å². The third-order valence-electron chi connectivity index (χ3n) is 7.74. The predicted molar refractivity (Wildman–Crippen MR) is 184 cm³/mol. The Morgan fingerprint density at radius 2 is 0.837 bits per heavy atom. The van der Waals surface area contributed by atoms with Gasteiger partial charge in [-0.3, -0.25) is 4.55 Å². The second kappa shape index (κ2) is 12.8. The van der Waals surface area contributed by atoms with Crippen LogP contribution in [0.4, 0.5) is 0 Å². The van der Waals surface area contributed by atoms with Gasteiger partial charge in [0.1, 0.15) is 0 Å². The number of hydrogen-bond acceptors (Lipinski definition) is 8. The third kappa shape index (κ3) is 5.99. The molecule has 3 aromatic heterocycles. The fourth-order valence-corrected chi connectivity index (χ4v) is 5.95. The fourth-order valence-electron chi connectivity index (χ4n) is 5.62. The molecular weight excluding hydrogens is 690 g/mol. The molecule has 4 aromatic carbocycles. The van der Waals surface area contributed by atoms with Gasteiger partial charge in [0.2, 0.25) is 0 Å². The van der Waals surface area contributed by atoms with Gasteiger partial charge in [-0.2, -0.15) is 13.1 Å². The Morgan fingerprint density at radius 3 is 1.08 bits per heavy atom. The molecule has 5 heterocycles. The van der Waals surface area contributed by atoms with Crippen molar-refractivity contribution < 1.29 is 30.0 Å². The van der Waals surface area contributed by atoms with E-state index in [1.807, 2.05) is 97.1 Å². The fraction of sp³-hybridized carbons (Fsp3) is 0.0286. The van der Waals surface area contributed by atoms with E-state index in [9.17, 15) is 8.42 Å². The average molecular weight is 713 g/mol. The summed E-state index contributed by atoms with van der Waals surface area (Å²) in [6, 6.07) is 31.8. The molecule has 243 valence electrons. The molecule has 2 aliphatic heterocycles. The van der Waals surface area contributed by atoms with E-state index in [1.165, 1.54) is 6.08 Å². The molecule has 0 amide bonds. The second-order valence-electron chi connectivity index (χ2n) is 10.8. The monoisotopic (exact) mass is 712 g/mol. The summed E-state index contributed by atoms with van der Waals surface area (Å²) in [6.45, 7) is 3.28. The minimum absolute atomic E-state index is 0. The first-order valence-corrected chi connectivity index (χ1v) is 16.2. The summed E-state index contributed by atoms with van der Waals surface area (Å²) in [5.41, 5.74) is 5.78. The van der Waals surface area contributed by atoms with Crippen molar-refractivity contribution in [3.8, 4) is 45.6 Å². The number of rotatable bonds is 3. The number of fused-ring (bicyclic) bond motifs is 20. The summed E-state index contributed by atoms with van der Waals surface area (Å²) in [5.74, 6) is 2.21. The molecule has 0 saturated heterocycles. The van der Waals surface area contributed by atoms with Gasteiger partial charge in [0.25, 0.3) is 0 Å². The quantitative estimate of drug-likeness (QED) is 0.131. The molecule has 0 fully saturated rings. The number of hydrogen-bond donors (Lipinski definition) is 2. The van der Waals surface area contributed by atoms with Gasteiger partial charge in [0.15, 0.2) is 0 Å². The minimum Gasteiger partial charge on any atom is -0.357 e. The van der Waals surface area contributed by atoms with Crippen LogP contribution in [0.2, 0.25) is 0 Å². The van der Waals surface area contributed by atoms with Crippen molar-refractivity contribution in [2.24, 2.45) is 0 Å². The van der Waals surface area contributed by atoms with Gasteiger partial charge in [0.05, 0.1) is 23.3 Å². The molecule has 0 saturated carbocycles. The van der Waals surface area contributed by atoms with Crippen molar-refractivity contribution in [2.45, 2.75) is 0 Å². The molecule has 0 aliphatic carbocycles. The van der Waals surface area contributed by atoms with Crippen LogP contribution < -0.4 is 14.7 Å². The standard InChI is InChI=1S/C32H16N8.C3H7NO3S.Cu/c1-2-10-18-17(9-1)25-33-26(18)38-28-21-13-5-6-14-22(21)30(35-28)40-32-24-16-8-7-15-23(24)31(36-32)39-29-20-12-4-3-11-19(20)27(34-29)37-25;1-2-3-4-8(5,6)7;/h1-16H;2,4H,1,3H2,(H,5,6,7);/q-2;;+2. The first-order valence-electron chi connectivity index (χ1n) is 14.8. The maximum Gasteiger partial charge on any atom is 2.00 e. The van der Waals surface area contributed by atoms with E-state index in [-0.39, 0.29) is 23.6 Å². The van der Waals surface area contributed by atoms with Crippen molar-refractivity contribution >= 4 is 54.4 Å². The van der Waals surface area contributed by atoms with E-state index in [0.717, 1.165) is 43.8 Å². The van der Waals surface area contributed by atoms with Gasteiger partial charge in [-0.15, -0.1) is 6.58 Å². The van der Waals surface area contributed by atoms with Gasteiger partial charge in [-0.1, -0.05) is 103 Å². The molecule has 2 N–H and O–H groups in total. The van der Waals surface area contributed by atoms with Crippen molar-refractivity contribution in [1.82, 2.24) is 44.6 Å². The van der Waals surface area contributed by atoms with Gasteiger partial charge < -0.3 is 29.9 Å². The van der Waals surface area contributed by atoms with Crippen LogP contribution in [-0.2, 0) is 27.4 Å². The van der Waals surface area contributed by atoms with Crippen LogP contribution in [0.3, 0.4) is 0 Å². The van der Waals surface area contributed by atoms with Gasteiger partial charge in [-0.25, -0.2) is 9.97 Å². The molecule has 12 nitrogen and oxygen atoms in total. The minimum atomic E-state index is -4.01. The molecule has 8 bridgehead atoms. The van der Waals surface area contributed by atoms with Crippen LogP contribution >= 0.6 is 0 Å². The Bertz CT molecular complexity index is 2390. The predicted octanol–water partition coefficient (Wildman–Crippen LogP) is 5.69. The first-order chi connectivity index (χ1) is 23.4. The molecule has 2 aliphatic rings. The molecule has 0 unspecified atom stereocenters. The topological polar surface area (TPSA) is 172 Å². The zero-order valence-corrected chi connectivity index (χ0v) is 27.0. The van der Waals surface area contributed by atoms with Crippen LogP contribution in [0.15, 0.2) is 110 Å². The average Bonchev–Trinajstić information content (AvgIpc) is 3.83. The van der Waals surface area contributed by atoms with Crippen LogP contribution in [-0.4, -0.2) is 49.4 Å². The molecule has 1 radical (unpaired) electrons. The van der Waals surface area contributed by atoms with Gasteiger partial charge in [-0.05, 0) is 21.5 Å². The second-order valence-corrected chi connectivity index (χ2v) is 12.0. The zero-order valence-electron chi connectivity index (χ0n) is 25.3. The Hall–Kier alpha value is -5.63. The maximum atomic E-state index is 9.79. The van der Waals surface area contributed by atoms with Gasteiger partial charge in [0, 0.05) is 51.4 Å². The summed E-state index contributed by atoms with van der Waals surface area (Å²) >= 11 is 0. The van der Waals surface area contributed by atoms with Crippen molar-refractivity contribution in [2.75, 3.05) is 6.54 Å². The van der Waals surface area contributed by atoms with E-state index in [2.05, 4.69) is 6.58 Å². The molecule has 0 atom stereocenters. The molecule has 9 rings (SSSR count). The first kappa shape index (κ1) is 31.9. The summed E-state index contributed by atoms with van der Waals surface area (Å²) in [6.07, 6.45) is 1.33.